The van der Waals surface area contributed by atoms with Gasteiger partial charge in [-0.25, -0.2) is 12.7 Å². The van der Waals surface area contributed by atoms with E-state index in [-0.39, 0.29) is 23.5 Å². The molecular weight excluding hydrogens is 321 g/mol. The smallest absolute Gasteiger partial charge is 0.239 e. The normalized spacial score (nSPS) is 27.6. The van der Waals surface area contributed by atoms with Crippen LogP contribution < -0.4 is 0 Å². The minimum Gasteiger partial charge on any atom is -0.273 e. The highest BCUT2D eigenvalue weighted by Crippen LogP contribution is 2.49. The van der Waals surface area contributed by atoms with Crippen molar-refractivity contribution in [2.45, 2.75) is 18.8 Å². The maximum atomic E-state index is 12.2. The van der Waals surface area contributed by atoms with E-state index in [1.807, 2.05) is 6.07 Å². The van der Waals surface area contributed by atoms with Crippen LogP contribution in [0.2, 0.25) is 10.0 Å². The molecule has 1 aliphatic heterocycles. The summed E-state index contributed by atoms with van der Waals surface area (Å²) in [5.74, 6) is -0.408. The van der Waals surface area contributed by atoms with Gasteiger partial charge in [-0.05, 0) is 36.5 Å². The summed E-state index contributed by atoms with van der Waals surface area (Å²) in [5, 5.41) is 0.928. The van der Waals surface area contributed by atoms with Crippen molar-refractivity contribution in [3.8, 4) is 0 Å². The van der Waals surface area contributed by atoms with Crippen LogP contribution in [0.3, 0.4) is 0 Å². The fraction of sp³-hybridized carbons (Fsp3) is 0.462. The Balaban J connectivity index is 1.76. The summed E-state index contributed by atoms with van der Waals surface area (Å²) in [4.78, 5) is 12.2. The van der Waals surface area contributed by atoms with Crippen LogP contribution in [0.5, 0.6) is 0 Å². The zero-order valence-electron chi connectivity index (χ0n) is 10.6. The van der Waals surface area contributed by atoms with Crippen molar-refractivity contribution < 1.29 is 13.2 Å². The van der Waals surface area contributed by atoms with Crippen LogP contribution in [-0.4, -0.2) is 30.9 Å². The number of hydrogen-bond donors (Lipinski definition) is 0. The maximum Gasteiger partial charge on any atom is 0.239 e. The minimum absolute atomic E-state index is 0.0491. The van der Waals surface area contributed by atoms with Crippen molar-refractivity contribution in [1.29, 1.82) is 0 Å². The summed E-state index contributed by atoms with van der Waals surface area (Å²) in [6, 6.07) is 5.29. The Hall–Kier alpha value is -0.780. The first-order chi connectivity index (χ1) is 9.40. The number of sulfonamides is 1. The maximum absolute atomic E-state index is 12.2. The van der Waals surface area contributed by atoms with Gasteiger partial charge >= 0.3 is 0 Å². The van der Waals surface area contributed by atoms with Crippen LogP contribution in [-0.2, 0) is 14.8 Å². The largest absolute Gasteiger partial charge is 0.273 e. The molecule has 1 saturated carbocycles. The van der Waals surface area contributed by atoms with Gasteiger partial charge in [0.2, 0.25) is 15.9 Å². The summed E-state index contributed by atoms with van der Waals surface area (Å²) >= 11 is 11.8. The second kappa shape index (κ2) is 4.90. The lowest BCUT2D eigenvalue weighted by atomic mass is 10.1. The summed E-state index contributed by atoms with van der Waals surface area (Å²) in [7, 11) is -3.38. The number of benzene rings is 1. The molecule has 1 aromatic rings. The molecule has 2 fully saturated rings. The Labute approximate surface area is 127 Å². The Morgan fingerprint density at radius 1 is 1.25 bits per heavy atom. The van der Waals surface area contributed by atoms with Gasteiger partial charge in [-0.2, -0.15) is 0 Å². The van der Waals surface area contributed by atoms with Gasteiger partial charge in [0.25, 0.3) is 0 Å². The molecule has 0 unspecified atom stereocenters. The molecule has 1 saturated heterocycles. The SMILES string of the molecule is O=C([C@H]1C[C@H]1c1ccc(Cl)c(Cl)c1)N1CCCS1(=O)=O. The molecule has 2 aliphatic rings. The Morgan fingerprint density at radius 3 is 2.60 bits per heavy atom. The van der Waals surface area contributed by atoms with Crippen LogP contribution in [0.25, 0.3) is 0 Å². The quantitative estimate of drug-likeness (QED) is 0.836. The molecule has 20 heavy (non-hydrogen) atoms. The van der Waals surface area contributed by atoms with E-state index < -0.39 is 10.0 Å². The lowest BCUT2D eigenvalue weighted by Crippen LogP contribution is -2.34. The molecule has 7 heteroatoms. The van der Waals surface area contributed by atoms with Crippen LogP contribution in [0, 0.1) is 5.92 Å². The zero-order chi connectivity index (χ0) is 14.5. The first-order valence-corrected chi connectivity index (χ1v) is 8.76. The molecule has 0 bridgehead atoms. The van der Waals surface area contributed by atoms with Gasteiger partial charge in [0, 0.05) is 12.5 Å². The number of carbonyl (C=O) groups excluding carboxylic acids is 1. The number of carbonyl (C=O) groups is 1. The zero-order valence-corrected chi connectivity index (χ0v) is 12.9. The molecule has 1 heterocycles. The van der Waals surface area contributed by atoms with Gasteiger partial charge in [0.15, 0.2) is 0 Å². The molecule has 2 atom stereocenters. The Bertz CT molecular complexity index is 674. The summed E-state index contributed by atoms with van der Waals surface area (Å²) in [6.45, 7) is 0.311. The molecule has 1 aliphatic carbocycles. The van der Waals surface area contributed by atoms with Crippen LogP contribution in [0.1, 0.15) is 24.3 Å². The molecule has 1 amide bonds. The fourth-order valence-electron chi connectivity index (χ4n) is 2.65. The van der Waals surface area contributed by atoms with Crippen molar-refractivity contribution in [2.75, 3.05) is 12.3 Å². The number of amides is 1. The molecule has 1 aromatic carbocycles. The fourth-order valence-corrected chi connectivity index (χ4v) is 4.49. The van der Waals surface area contributed by atoms with Crippen LogP contribution in [0.4, 0.5) is 0 Å². The summed E-state index contributed by atoms with van der Waals surface area (Å²) in [5.41, 5.74) is 0.939. The van der Waals surface area contributed by atoms with Crippen molar-refractivity contribution in [2.24, 2.45) is 5.92 Å². The van der Waals surface area contributed by atoms with Gasteiger partial charge in [0.1, 0.15) is 0 Å². The summed E-state index contributed by atoms with van der Waals surface area (Å²) in [6.07, 6.45) is 1.20. The third kappa shape index (κ3) is 2.43. The number of hydrogen-bond acceptors (Lipinski definition) is 3. The van der Waals surface area contributed by atoms with E-state index in [2.05, 4.69) is 0 Å². The van der Waals surface area contributed by atoms with Crippen molar-refractivity contribution in [3.63, 3.8) is 0 Å². The lowest BCUT2D eigenvalue weighted by Gasteiger charge is -2.14. The van der Waals surface area contributed by atoms with E-state index in [4.69, 9.17) is 23.2 Å². The molecule has 108 valence electrons. The highest BCUT2D eigenvalue weighted by atomic mass is 35.5. The topological polar surface area (TPSA) is 54.5 Å². The molecule has 0 aromatic heterocycles. The average Bonchev–Trinajstić information content (AvgIpc) is 3.10. The van der Waals surface area contributed by atoms with E-state index in [0.717, 1.165) is 9.87 Å². The van der Waals surface area contributed by atoms with Crippen LogP contribution in [0.15, 0.2) is 18.2 Å². The predicted octanol–water partition coefficient (Wildman–Crippen LogP) is 2.66. The molecule has 0 N–H and O–H groups in total. The van der Waals surface area contributed by atoms with Gasteiger partial charge in [0.05, 0.1) is 15.8 Å². The van der Waals surface area contributed by atoms with E-state index in [1.165, 1.54) is 0 Å². The molecular formula is C13H13Cl2NO3S. The molecule has 3 rings (SSSR count). The van der Waals surface area contributed by atoms with E-state index >= 15 is 0 Å². The second-order valence-electron chi connectivity index (χ2n) is 5.20. The monoisotopic (exact) mass is 333 g/mol. The van der Waals surface area contributed by atoms with Gasteiger partial charge in [-0.3, -0.25) is 4.79 Å². The standard InChI is InChI=1S/C13H13Cl2NO3S/c14-11-3-2-8(6-12(11)15)9-7-10(9)13(17)16-4-1-5-20(16,18)19/h2-3,6,9-10H,1,4-5,7H2/t9-,10-/m0/s1. The van der Waals surface area contributed by atoms with E-state index in [1.54, 1.807) is 12.1 Å². The molecule has 4 nitrogen and oxygen atoms in total. The minimum atomic E-state index is -3.38. The number of nitrogens with zero attached hydrogens (tertiary/aromatic N) is 1. The van der Waals surface area contributed by atoms with Gasteiger partial charge in [-0.1, -0.05) is 29.3 Å². The van der Waals surface area contributed by atoms with Gasteiger partial charge in [-0.15, -0.1) is 0 Å². The first kappa shape index (κ1) is 14.2. The highest BCUT2D eigenvalue weighted by molar-refractivity contribution is 7.89. The van der Waals surface area contributed by atoms with Crippen molar-refractivity contribution in [1.82, 2.24) is 4.31 Å². The third-order valence-electron chi connectivity index (χ3n) is 3.82. The first-order valence-electron chi connectivity index (χ1n) is 6.39. The average molecular weight is 334 g/mol. The van der Waals surface area contributed by atoms with Crippen LogP contribution >= 0.6 is 23.2 Å². The highest BCUT2D eigenvalue weighted by Gasteiger charge is 2.49. The third-order valence-corrected chi connectivity index (χ3v) is 6.40. The molecule has 0 spiro atoms. The number of halogens is 2. The van der Waals surface area contributed by atoms with Crippen molar-refractivity contribution in [3.05, 3.63) is 33.8 Å². The van der Waals surface area contributed by atoms with Crippen molar-refractivity contribution >= 4 is 39.1 Å². The second-order valence-corrected chi connectivity index (χ2v) is 8.03. The predicted molar refractivity (Wildman–Crippen MR) is 77.4 cm³/mol. The van der Waals surface area contributed by atoms with E-state index in [9.17, 15) is 13.2 Å². The Kier molecular flexibility index (Phi) is 3.47. The summed E-state index contributed by atoms with van der Waals surface area (Å²) < 4.78 is 24.5. The Morgan fingerprint density at radius 2 is 2.00 bits per heavy atom. The lowest BCUT2D eigenvalue weighted by molar-refractivity contribution is -0.127. The number of rotatable bonds is 2. The van der Waals surface area contributed by atoms with E-state index in [0.29, 0.717) is 29.4 Å². The van der Waals surface area contributed by atoms with Gasteiger partial charge < -0.3 is 0 Å². The molecule has 0 radical (unpaired) electrons.